The summed E-state index contributed by atoms with van der Waals surface area (Å²) >= 11 is 0. The second kappa shape index (κ2) is 3.75. The van der Waals surface area contributed by atoms with E-state index in [0.29, 0.717) is 6.42 Å². The van der Waals surface area contributed by atoms with Crippen LogP contribution in [-0.2, 0) is 11.2 Å². The lowest BCUT2D eigenvalue weighted by molar-refractivity contribution is -0.905. The molecule has 3 N–H and O–H groups in total. The Morgan fingerprint density at radius 1 is 1.36 bits per heavy atom. The Bertz CT molecular complexity index is 328. The topological polar surface area (TPSA) is 68.6 Å². The Hall–Kier alpha value is -1.43. The number of rotatable bonds is 2. The third-order valence-electron chi connectivity index (χ3n) is 2.22. The second-order valence-electron chi connectivity index (χ2n) is 3.22. The molecule has 1 aromatic carbocycles. The largest absolute Gasteiger partial charge is 0.611 e. The Morgan fingerprint density at radius 3 is 2.64 bits per heavy atom. The summed E-state index contributed by atoms with van der Waals surface area (Å²) < 4.78 is 0. The van der Waals surface area contributed by atoms with Gasteiger partial charge in [-0.3, -0.25) is 9.97 Å². The zero-order chi connectivity index (χ0) is 9.97. The van der Waals surface area contributed by atoms with Gasteiger partial charge < -0.3 is 5.21 Å². The van der Waals surface area contributed by atoms with Crippen molar-refractivity contribution in [2.75, 3.05) is 0 Å². The molecule has 1 saturated heterocycles. The highest BCUT2D eigenvalue weighted by atomic mass is 16.6. The fourth-order valence-electron chi connectivity index (χ4n) is 1.45. The van der Waals surface area contributed by atoms with Crippen LogP contribution in [0.4, 0.5) is 0 Å². The molecular formula is C9H11N3O2. The van der Waals surface area contributed by atoms with Gasteiger partial charge in [0.2, 0.25) is 0 Å². The second-order valence-corrected chi connectivity index (χ2v) is 3.22. The van der Waals surface area contributed by atoms with Gasteiger partial charge in [0.05, 0.1) is 0 Å². The van der Waals surface area contributed by atoms with Gasteiger partial charge in [-0.2, -0.15) is 0 Å². The molecule has 1 amide bonds. The van der Waals surface area contributed by atoms with Gasteiger partial charge in [0.15, 0.2) is 6.04 Å². The van der Waals surface area contributed by atoms with E-state index in [1.807, 2.05) is 30.3 Å². The maximum atomic E-state index is 11.2. The monoisotopic (exact) mass is 193 g/mol. The van der Waals surface area contributed by atoms with Crippen molar-refractivity contribution in [2.45, 2.75) is 12.5 Å². The number of hydrogen-bond acceptors (Lipinski definition) is 3. The summed E-state index contributed by atoms with van der Waals surface area (Å²) in [6.45, 7) is 0. The van der Waals surface area contributed by atoms with Gasteiger partial charge in [0, 0.05) is 6.42 Å². The highest BCUT2D eigenvalue weighted by Crippen LogP contribution is 2.02. The van der Waals surface area contributed by atoms with Crippen molar-refractivity contribution in [3.63, 3.8) is 0 Å². The summed E-state index contributed by atoms with van der Waals surface area (Å²) in [5, 5.41) is 10.9. The number of nitrogens with one attached hydrogen (secondary N) is 3. The number of hydroxylamine groups is 1. The van der Waals surface area contributed by atoms with Crippen LogP contribution in [0.25, 0.3) is 0 Å². The molecule has 0 bridgehead atoms. The van der Waals surface area contributed by atoms with Crippen LogP contribution >= 0.6 is 0 Å². The zero-order valence-corrected chi connectivity index (χ0v) is 7.49. The smallest absolute Gasteiger partial charge is 0.298 e. The van der Waals surface area contributed by atoms with E-state index in [0.717, 1.165) is 5.56 Å². The molecule has 0 aliphatic carbocycles. The molecule has 5 nitrogen and oxygen atoms in total. The minimum Gasteiger partial charge on any atom is -0.611 e. The van der Waals surface area contributed by atoms with Crippen molar-refractivity contribution in [2.24, 2.45) is 0 Å². The van der Waals surface area contributed by atoms with E-state index in [-0.39, 0.29) is 11.1 Å². The van der Waals surface area contributed by atoms with E-state index in [9.17, 15) is 10.0 Å². The molecule has 0 spiro atoms. The minimum absolute atomic E-state index is 0.251. The van der Waals surface area contributed by atoms with Crippen LogP contribution in [0.3, 0.4) is 0 Å². The van der Waals surface area contributed by atoms with E-state index in [2.05, 4.69) is 11.0 Å². The van der Waals surface area contributed by atoms with Crippen LogP contribution in [0, 0.1) is 5.21 Å². The molecule has 0 aromatic heterocycles. The normalized spacial score (nSPS) is 26.2. The van der Waals surface area contributed by atoms with E-state index >= 15 is 0 Å². The standard InChI is InChI=1S/C9H11N3O2/c13-9-8(12(14)11-10-9)6-7-4-2-1-3-5-7/h1-5,8,11-12H,6H2,(H,10,13). The summed E-state index contributed by atoms with van der Waals surface area (Å²) in [5.74, 6) is -0.251. The van der Waals surface area contributed by atoms with Gasteiger partial charge in [-0.05, 0) is 5.56 Å². The van der Waals surface area contributed by atoms with E-state index < -0.39 is 6.04 Å². The molecule has 14 heavy (non-hydrogen) atoms. The maximum Gasteiger partial charge on any atom is 0.298 e. The number of quaternary nitrogens is 1. The van der Waals surface area contributed by atoms with Gasteiger partial charge in [0.1, 0.15) is 0 Å². The fourth-order valence-corrected chi connectivity index (χ4v) is 1.45. The van der Waals surface area contributed by atoms with Gasteiger partial charge >= 0.3 is 0 Å². The summed E-state index contributed by atoms with van der Waals surface area (Å²) in [5.41, 5.74) is 5.59. The summed E-state index contributed by atoms with van der Waals surface area (Å²) in [6.07, 6.45) is 0.457. The molecule has 2 unspecified atom stereocenters. The van der Waals surface area contributed by atoms with Crippen molar-refractivity contribution in [3.05, 3.63) is 41.1 Å². The van der Waals surface area contributed by atoms with E-state index in [4.69, 9.17) is 0 Å². The molecule has 1 aliphatic heterocycles. The zero-order valence-electron chi connectivity index (χ0n) is 7.49. The van der Waals surface area contributed by atoms with Gasteiger partial charge in [0.25, 0.3) is 5.91 Å². The third-order valence-corrected chi connectivity index (χ3v) is 2.22. The molecule has 5 heteroatoms. The summed E-state index contributed by atoms with van der Waals surface area (Å²) in [6, 6.07) is 8.90. The number of carbonyl (C=O) groups is 1. The van der Waals surface area contributed by atoms with Crippen LogP contribution < -0.4 is 16.1 Å². The lowest BCUT2D eigenvalue weighted by Gasteiger charge is -2.19. The molecule has 0 radical (unpaired) electrons. The average molecular weight is 193 g/mol. The number of benzene rings is 1. The maximum absolute atomic E-state index is 11.2. The first-order chi connectivity index (χ1) is 6.77. The van der Waals surface area contributed by atoms with E-state index in [1.54, 1.807) is 0 Å². The highest BCUT2D eigenvalue weighted by molar-refractivity contribution is 5.81. The Labute approximate surface area is 81.2 Å². The van der Waals surface area contributed by atoms with Crippen molar-refractivity contribution in [1.82, 2.24) is 11.0 Å². The molecule has 0 saturated carbocycles. The predicted molar refractivity (Wildman–Crippen MR) is 49.5 cm³/mol. The minimum atomic E-state index is -0.586. The van der Waals surface area contributed by atoms with Gasteiger partial charge in [-0.1, -0.05) is 35.9 Å². The predicted octanol–water partition coefficient (Wildman–Crippen LogP) is -1.47. The van der Waals surface area contributed by atoms with Crippen LogP contribution in [0.1, 0.15) is 5.56 Å². The molecule has 1 fully saturated rings. The molecule has 2 atom stereocenters. The average Bonchev–Trinajstić information content (AvgIpc) is 2.51. The molecule has 1 aromatic rings. The van der Waals surface area contributed by atoms with Crippen molar-refractivity contribution in [3.8, 4) is 0 Å². The Morgan fingerprint density at radius 2 is 2.07 bits per heavy atom. The van der Waals surface area contributed by atoms with Crippen LogP contribution in [-0.4, -0.2) is 11.9 Å². The molecule has 1 aliphatic rings. The van der Waals surface area contributed by atoms with Crippen LogP contribution in [0.15, 0.2) is 30.3 Å². The van der Waals surface area contributed by atoms with Crippen LogP contribution in [0.5, 0.6) is 0 Å². The van der Waals surface area contributed by atoms with Crippen molar-refractivity contribution < 1.29 is 9.97 Å². The number of hydrogen-bond donors (Lipinski definition) is 3. The first-order valence-electron chi connectivity index (χ1n) is 4.41. The molecular weight excluding hydrogens is 182 g/mol. The summed E-state index contributed by atoms with van der Waals surface area (Å²) in [7, 11) is 0. The first kappa shape index (κ1) is 9.14. The number of amides is 1. The van der Waals surface area contributed by atoms with Crippen LogP contribution in [0.2, 0.25) is 0 Å². The van der Waals surface area contributed by atoms with Crippen molar-refractivity contribution >= 4 is 5.91 Å². The molecule has 1 heterocycles. The SMILES string of the molecule is O=C1NN[NH+]([O-])C1Cc1ccccc1. The highest BCUT2D eigenvalue weighted by Gasteiger charge is 2.31. The lowest BCUT2D eigenvalue weighted by atomic mass is 10.1. The third kappa shape index (κ3) is 1.74. The Balaban J connectivity index is 2.07. The molecule has 2 rings (SSSR count). The van der Waals surface area contributed by atoms with Gasteiger partial charge in [-0.25, -0.2) is 5.43 Å². The van der Waals surface area contributed by atoms with Crippen molar-refractivity contribution in [1.29, 1.82) is 0 Å². The quantitative estimate of drug-likeness (QED) is 0.502. The first-order valence-corrected chi connectivity index (χ1v) is 4.41. The Kier molecular flexibility index (Phi) is 2.45. The fraction of sp³-hybridized carbons (Fsp3) is 0.222. The molecule has 74 valence electrons. The number of carbonyl (C=O) groups excluding carboxylic acids is 1. The van der Waals surface area contributed by atoms with E-state index in [1.165, 1.54) is 0 Å². The summed E-state index contributed by atoms with van der Waals surface area (Å²) in [4.78, 5) is 11.2. The number of hydrazine groups is 1. The lowest BCUT2D eigenvalue weighted by Crippen LogP contribution is -3.16. The van der Waals surface area contributed by atoms with Gasteiger partial charge in [-0.15, -0.1) is 0 Å².